The summed E-state index contributed by atoms with van der Waals surface area (Å²) >= 11 is 0. The fourth-order valence-corrected chi connectivity index (χ4v) is 3.66. The van der Waals surface area contributed by atoms with Crippen LogP contribution in [0.2, 0.25) is 0 Å². The average molecular weight is 311 g/mol. The van der Waals surface area contributed by atoms with Gasteiger partial charge in [-0.25, -0.2) is 8.42 Å². The molecule has 0 radical (unpaired) electrons. The van der Waals surface area contributed by atoms with Crippen molar-refractivity contribution < 1.29 is 13.2 Å². The Kier molecular flexibility index (Phi) is 4.84. The van der Waals surface area contributed by atoms with Crippen molar-refractivity contribution in [1.29, 1.82) is 0 Å². The van der Waals surface area contributed by atoms with Crippen molar-refractivity contribution in [2.75, 3.05) is 35.6 Å². The number of benzene rings is 1. The molecule has 1 aliphatic heterocycles. The van der Waals surface area contributed by atoms with E-state index in [1.807, 2.05) is 4.90 Å². The van der Waals surface area contributed by atoms with E-state index in [1.165, 1.54) is 0 Å². The first-order valence-corrected chi connectivity index (χ1v) is 8.80. The van der Waals surface area contributed by atoms with Gasteiger partial charge in [0.25, 0.3) is 0 Å². The fraction of sp³-hybridized carbons (Fsp3) is 0.500. The summed E-state index contributed by atoms with van der Waals surface area (Å²) in [6.45, 7) is 2.80. The number of hydrogen-bond donors (Lipinski definition) is 2. The number of hydrogen-bond acceptors (Lipinski definition) is 5. The number of carbonyl (C=O) groups is 1. The molecule has 1 atom stereocenters. The molecule has 1 fully saturated rings. The molecule has 0 bridgehead atoms. The number of amides is 1. The molecule has 116 valence electrons. The molecule has 0 aliphatic carbocycles. The van der Waals surface area contributed by atoms with Gasteiger partial charge in [-0.15, -0.1) is 0 Å². The van der Waals surface area contributed by atoms with Crippen LogP contribution in [-0.2, 0) is 14.6 Å². The Balaban J connectivity index is 1.99. The van der Waals surface area contributed by atoms with Crippen LogP contribution >= 0.6 is 0 Å². The minimum atomic E-state index is -2.97. The van der Waals surface area contributed by atoms with Gasteiger partial charge in [0.1, 0.15) is 0 Å². The number of anilines is 2. The van der Waals surface area contributed by atoms with Gasteiger partial charge >= 0.3 is 0 Å². The van der Waals surface area contributed by atoms with Gasteiger partial charge in [0.05, 0.1) is 17.5 Å². The summed E-state index contributed by atoms with van der Waals surface area (Å²) < 4.78 is 23.2. The Morgan fingerprint density at radius 3 is 2.81 bits per heavy atom. The smallest absolute Gasteiger partial charge is 0.241 e. The summed E-state index contributed by atoms with van der Waals surface area (Å²) in [7, 11) is -2.97. The summed E-state index contributed by atoms with van der Waals surface area (Å²) in [4.78, 5) is 14.2. The lowest BCUT2D eigenvalue weighted by Gasteiger charge is -2.26. The minimum Gasteiger partial charge on any atom is -0.399 e. The van der Waals surface area contributed by atoms with E-state index in [0.717, 1.165) is 0 Å². The lowest BCUT2D eigenvalue weighted by atomic mass is 10.2. The number of nitrogen functional groups attached to an aromatic ring is 1. The Bertz CT molecular complexity index is 616. The molecular formula is C14H21N3O3S. The number of sulfone groups is 1. The summed E-state index contributed by atoms with van der Waals surface area (Å²) in [5.41, 5.74) is 6.91. The molecule has 21 heavy (non-hydrogen) atoms. The van der Waals surface area contributed by atoms with Crippen LogP contribution in [0, 0.1) is 0 Å². The third kappa shape index (κ3) is 4.44. The highest BCUT2D eigenvalue weighted by Gasteiger charge is 2.26. The SMILES string of the molecule is CC(C(=O)Nc1cccc(N)c1)N1CCCS(=O)(=O)CC1. The summed E-state index contributed by atoms with van der Waals surface area (Å²) in [5, 5.41) is 2.81. The highest BCUT2D eigenvalue weighted by molar-refractivity contribution is 7.91. The van der Waals surface area contributed by atoms with E-state index in [9.17, 15) is 13.2 Å². The van der Waals surface area contributed by atoms with Crippen LogP contribution in [0.25, 0.3) is 0 Å². The van der Waals surface area contributed by atoms with Crippen molar-refractivity contribution in [2.45, 2.75) is 19.4 Å². The highest BCUT2D eigenvalue weighted by atomic mass is 32.2. The number of nitrogens with two attached hydrogens (primary N) is 1. The first-order valence-electron chi connectivity index (χ1n) is 6.98. The second-order valence-corrected chi connectivity index (χ2v) is 7.64. The van der Waals surface area contributed by atoms with Crippen LogP contribution in [0.15, 0.2) is 24.3 Å². The van der Waals surface area contributed by atoms with Crippen LogP contribution in [0.1, 0.15) is 13.3 Å². The summed E-state index contributed by atoms with van der Waals surface area (Å²) in [5.74, 6) is 0.163. The standard InChI is InChI=1S/C14H21N3O3S/c1-11(17-6-3-8-21(19,20)9-7-17)14(18)16-13-5-2-4-12(15)10-13/h2,4-5,10-11H,3,6-9,15H2,1H3,(H,16,18). The van der Waals surface area contributed by atoms with E-state index < -0.39 is 9.84 Å². The monoisotopic (exact) mass is 311 g/mol. The molecule has 1 saturated heterocycles. The lowest BCUT2D eigenvalue weighted by Crippen LogP contribution is -2.43. The van der Waals surface area contributed by atoms with Crippen LogP contribution in [-0.4, -0.2) is 49.9 Å². The number of nitrogens with zero attached hydrogens (tertiary/aromatic N) is 1. The maximum Gasteiger partial charge on any atom is 0.241 e. The van der Waals surface area contributed by atoms with Gasteiger partial charge in [0, 0.05) is 17.9 Å². The van der Waals surface area contributed by atoms with E-state index in [1.54, 1.807) is 31.2 Å². The fourth-order valence-electron chi connectivity index (χ4n) is 2.37. The number of rotatable bonds is 3. The zero-order chi connectivity index (χ0) is 15.5. The molecule has 1 amide bonds. The average Bonchev–Trinajstić information content (AvgIpc) is 2.59. The van der Waals surface area contributed by atoms with E-state index in [-0.39, 0.29) is 23.5 Å². The zero-order valence-corrected chi connectivity index (χ0v) is 12.9. The van der Waals surface area contributed by atoms with Crippen molar-refractivity contribution in [2.24, 2.45) is 0 Å². The molecule has 1 aromatic carbocycles. The van der Waals surface area contributed by atoms with Crippen LogP contribution < -0.4 is 11.1 Å². The first kappa shape index (κ1) is 15.8. The Morgan fingerprint density at radius 2 is 2.10 bits per heavy atom. The van der Waals surface area contributed by atoms with E-state index in [4.69, 9.17) is 5.73 Å². The van der Waals surface area contributed by atoms with E-state index in [0.29, 0.717) is 30.9 Å². The quantitative estimate of drug-likeness (QED) is 0.802. The lowest BCUT2D eigenvalue weighted by molar-refractivity contribution is -0.120. The predicted octanol–water partition coefficient (Wildman–Crippen LogP) is 0.716. The molecule has 1 heterocycles. The molecule has 2 rings (SSSR count). The molecular weight excluding hydrogens is 290 g/mol. The van der Waals surface area contributed by atoms with Crippen molar-refractivity contribution in [3.05, 3.63) is 24.3 Å². The predicted molar refractivity (Wildman–Crippen MR) is 83.8 cm³/mol. The number of carbonyl (C=O) groups excluding carboxylic acids is 1. The van der Waals surface area contributed by atoms with Crippen molar-refractivity contribution in [3.8, 4) is 0 Å². The molecule has 6 nitrogen and oxygen atoms in total. The molecule has 3 N–H and O–H groups in total. The molecule has 1 aliphatic rings. The third-order valence-corrected chi connectivity index (χ3v) is 5.39. The Labute approximate surface area is 125 Å². The largest absolute Gasteiger partial charge is 0.399 e. The maximum absolute atomic E-state index is 12.3. The number of nitrogens with one attached hydrogen (secondary N) is 1. The van der Waals surface area contributed by atoms with Gasteiger partial charge in [0.15, 0.2) is 9.84 Å². The summed E-state index contributed by atoms with van der Waals surface area (Å²) in [6, 6.07) is 6.61. The van der Waals surface area contributed by atoms with Crippen molar-refractivity contribution >= 4 is 27.1 Å². The second kappa shape index (κ2) is 6.44. The van der Waals surface area contributed by atoms with Gasteiger partial charge in [-0.3, -0.25) is 9.69 Å². The molecule has 7 heteroatoms. The van der Waals surface area contributed by atoms with Crippen molar-refractivity contribution in [3.63, 3.8) is 0 Å². The third-order valence-electron chi connectivity index (χ3n) is 3.67. The van der Waals surface area contributed by atoms with Crippen LogP contribution in [0.5, 0.6) is 0 Å². The highest BCUT2D eigenvalue weighted by Crippen LogP contribution is 2.14. The normalized spacial score (nSPS) is 20.4. The van der Waals surface area contributed by atoms with Gasteiger partial charge < -0.3 is 11.1 Å². The van der Waals surface area contributed by atoms with E-state index in [2.05, 4.69) is 5.32 Å². The minimum absolute atomic E-state index is 0.114. The van der Waals surface area contributed by atoms with Crippen molar-refractivity contribution in [1.82, 2.24) is 4.90 Å². The summed E-state index contributed by atoms with van der Waals surface area (Å²) in [6.07, 6.45) is 0.568. The van der Waals surface area contributed by atoms with Crippen LogP contribution in [0.3, 0.4) is 0 Å². The Morgan fingerprint density at radius 1 is 1.33 bits per heavy atom. The Hall–Kier alpha value is -1.60. The van der Waals surface area contributed by atoms with Gasteiger partial charge in [-0.2, -0.15) is 0 Å². The zero-order valence-electron chi connectivity index (χ0n) is 12.1. The molecule has 0 saturated carbocycles. The van der Waals surface area contributed by atoms with Gasteiger partial charge in [0.2, 0.25) is 5.91 Å². The second-order valence-electron chi connectivity index (χ2n) is 5.33. The molecule has 0 aromatic heterocycles. The first-order chi connectivity index (χ1) is 9.87. The van der Waals surface area contributed by atoms with E-state index >= 15 is 0 Å². The van der Waals surface area contributed by atoms with Gasteiger partial charge in [-0.05, 0) is 38.1 Å². The maximum atomic E-state index is 12.3. The molecule has 0 spiro atoms. The van der Waals surface area contributed by atoms with Crippen LogP contribution in [0.4, 0.5) is 11.4 Å². The molecule has 1 aromatic rings. The molecule has 1 unspecified atom stereocenters. The topological polar surface area (TPSA) is 92.5 Å². The van der Waals surface area contributed by atoms with Gasteiger partial charge in [-0.1, -0.05) is 6.07 Å².